The molecule has 0 saturated carbocycles. The highest BCUT2D eigenvalue weighted by molar-refractivity contribution is 9.10. The summed E-state index contributed by atoms with van der Waals surface area (Å²) in [6, 6.07) is 7.34. The van der Waals surface area contributed by atoms with Crippen LogP contribution < -0.4 is 5.32 Å². The van der Waals surface area contributed by atoms with Gasteiger partial charge in [0.25, 0.3) is 0 Å². The average Bonchev–Trinajstić information content (AvgIpc) is 2.71. The molecule has 0 aromatic heterocycles. The molecule has 1 fully saturated rings. The second-order valence-electron chi connectivity index (χ2n) is 5.29. The van der Waals surface area contributed by atoms with E-state index in [2.05, 4.69) is 65.2 Å². The van der Waals surface area contributed by atoms with Gasteiger partial charge in [-0.25, -0.2) is 0 Å². The highest BCUT2D eigenvalue weighted by Crippen LogP contribution is 2.36. The molecule has 18 heavy (non-hydrogen) atoms. The van der Waals surface area contributed by atoms with Gasteiger partial charge in [0.15, 0.2) is 0 Å². The van der Waals surface area contributed by atoms with Gasteiger partial charge in [0.1, 0.15) is 0 Å². The third-order valence-corrected chi connectivity index (χ3v) is 4.84. The van der Waals surface area contributed by atoms with E-state index in [4.69, 9.17) is 0 Å². The van der Waals surface area contributed by atoms with Crippen molar-refractivity contribution in [2.24, 2.45) is 5.92 Å². The molecule has 1 heterocycles. The van der Waals surface area contributed by atoms with Crippen molar-refractivity contribution in [2.75, 3.05) is 26.7 Å². The Balaban J connectivity index is 2.19. The molecule has 1 aromatic rings. The van der Waals surface area contributed by atoms with Gasteiger partial charge >= 0.3 is 0 Å². The fourth-order valence-electron chi connectivity index (χ4n) is 2.95. The number of likely N-dealkylation sites (tertiary alicyclic amines) is 1. The predicted octanol–water partition coefficient (Wildman–Crippen LogP) is 3.36. The van der Waals surface area contributed by atoms with Crippen LogP contribution in [-0.4, -0.2) is 31.6 Å². The second-order valence-corrected chi connectivity index (χ2v) is 6.14. The summed E-state index contributed by atoms with van der Waals surface area (Å²) in [5.74, 6) is 0.732. The maximum Gasteiger partial charge on any atom is 0.0385 e. The minimum absolute atomic E-state index is 0.566. The van der Waals surface area contributed by atoms with Crippen LogP contribution in [0.25, 0.3) is 0 Å². The van der Waals surface area contributed by atoms with E-state index in [1.807, 2.05) is 0 Å². The lowest BCUT2D eigenvalue weighted by molar-refractivity contribution is 0.272. The van der Waals surface area contributed by atoms with Crippen LogP contribution in [0.2, 0.25) is 0 Å². The van der Waals surface area contributed by atoms with Crippen molar-refractivity contribution in [1.29, 1.82) is 0 Å². The lowest BCUT2D eigenvalue weighted by Gasteiger charge is -2.26. The van der Waals surface area contributed by atoms with Crippen molar-refractivity contribution >= 4 is 15.9 Å². The Bertz CT molecular complexity index is 405. The Kier molecular flexibility index (Phi) is 4.82. The van der Waals surface area contributed by atoms with Crippen LogP contribution in [0.5, 0.6) is 0 Å². The van der Waals surface area contributed by atoms with Crippen molar-refractivity contribution in [2.45, 2.75) is 26.3 Å². The van der Waals surface area contributed by atoms with Crippen LogP contribution in [0.3, 0.4) is 0 Å². The number of halogens is 1. The van der Waals surface area contributed by atoms with Crippen LogP contribution in [0.1, 0.15) is 30.5 Å². The Labute approximate surface area is 119 Å². The normalized spacial score (nSPS) is 24.7. The number of hydrogen-bond acceptors (Lipinski definition) is 2. The first-order valence-electron chi connectivity index (χ1n) is 6.80. The van der Waals surface area contributed by atoms with Crippen molar-refractivity contribution in [3.63, 3.8) is 0 Å². The zero-order valence-corrected chi connectivity index (χ0v) is 13.1. The molecule has 1 aliphatic rings. The Morgan fingerprint density at radius 3 is 2.89 bits per heavy atom. The Morgan fingerprint density at radius 1 is 1.44 bits per heavy atom. The Morgan fingerprint density at radius 2 is 2.22 bits per heavy atom. The molecule has 1 aromatic carbocycles. The largest absolute Gasteiger partial charge is 0.317 e. The SMILES string of the molecule is CCNCC1CCN(C)C1c1ccc(Br)c(C)c1. The topological polar surface area (TPSA) is 15.3 Å². The molecule has 2 nitrogen and oxygen atoms in total. The maximum absolute atomic E-state index is 3.58. The monoisotopic (exact) mass is 310 g/mol. The molecule has 0 spiro atoms. The summed E-state index contributed by atoms with van der Waals surface area (Å²) >= 11 is 3.58. The number of rotatable bonds is 4. The fourth-order valence-corrected chi connectivity index (χ4v) is 3.19. The van der Waals surface area contributed by atoms with Gasteiger partial charge in [-0.2, -0.15) is 0 Å². The molecular formula is C15H23BrN2. The molecule has 2 rings (SSSR count). The highest BCUT2D eigenvalue weighted by atomic mass is 79.9. The molecule has 0 amide bonds. The van der Waals surface area contributed by atoms with E-state index in [0.717, 1.165) is 19.0 Å². The summed E-state index contributed by atoms with van der Waals surface area (Å²) in [4.78, 5) is 2.49. The molecule has 1 N–H and O–H groups in total. The number of benzene rings is 1. The van der Waals surface area contributed by atoms with Gasteiger partial charge < -0.3 is 5.32 Å². The summed E-state index contributed by atoms with van der Waals surface area (Å²) < 4.78 is 1.20. The summed E-state index contributed by atoms with van der Waals surface area (Å²) in [5, 5.41) is 3.50. The standard InChI is InChI=1S/C15H23BrN2/c1-4-17-10-13-7-8-18(3)15(13)12-5-6-14(16)11(2)9-12/h5-6,9,13,15,17H,4,7-8,10H2,1-3H3. The van der Waals surface area contributed by atoms with Crippen LogP contribution in [0.15, 0.2) is 22.7 Å². The molecule has 2 unspecified atom stereocenters. The molecule has 100 valence electrons. The lowest BCUT2D eigenvalue weighted by Crippen LogP contribution is -2.28. The second kappa shape index (κ2) is 6.18. The first-order valence-corrected chi connectivity index (χ1v) is 7.59. The average molecular weight is 311 g/mol. The molecule has 2 atom stereocenters. The van der Waals surface area contributed by atoms with Crippen LogP contribution >= 0.6 is 15.9 Å². The van der Waals surface area contributed by atoms with Crippen molar-refractivity contribution < 1.29 is 0 Å². The number of nitrogens with one attached hydrogen (secondary N) is 1. The summed E-state index contributed by atoms with van der Waals surface area (Å²) in [6.07, 6.45) is 1.29. The van der Waals surface area contributed by atoms with E-state index in [1.165, 1.54) is 28.6 Å². The smallest absolute Gasteiger partial charge is 0.0385 e. The van der Waals surface area contributed by atoms with Gasteiger partial charge in [-0.05, 0) is 63.1 Å². The van der Waals surface area contributed by atoms with Gasteiger partial charge in [0.2, 0.25) is 0 Å². The Hall–Kier alpha value is -0.380. The first-order chi connectivity index (χ1) is 8.63. The van der Waals surface area contributed by atoms with Crippen LogP contribution in [0.4, 0.5) is 0 Å². The summed E-state index contributed by atoms with van der Waals surface area (Å²) in [6.45, 7) is 7.74. The first kappa shape index (κ1) is 14.0. The van der Waals surface area contributed by atoms with E-state index in [1.54, 1.807) is 0 Å². The molecule has 0 radical (unpaired) electrons. The fraction of sp³-hybridized carbons (Fsp3) is 0.600. The molecule has 1 aliphatic heterocycles. The lowest BCUT2D eigenvalue weighted by atomic mass is 9.93. The van der Waals surface area contributed by atoms with E-state index in [-0.39, 0.29) is 0 Å². The van der Waals surface area contributed by atoms with Gasteiger partial charge in [0.05, 0.1) is 0 Å². The third kappa shape index (κ3) is 2.95. The predicted molar refractivity (Wildman–Crippen MR) is 80.9 cm³/mol. The summed E-state index contributed by atoms with van der Waals surface area (Å²) in [7, 11) is 2.24. The van der Waals surface area contributed by atoms with Crippen LogP contribution in [0, 0.1) is 12.8 Å². The van der Waals surface area contributed by atoms with Crippen molar-refractivity contribution in [3.05, 3.63) is 33.8 Å². The molecule has 3 heteroatoms. The van der Waals surface area contributed by atoms with Crippen LogP contribution in [-0.2, 0) is 0 Å². The molecular weight excluding hydrogens is 288 g/mol. The quantitative estimate of drug-likeness (QED) is 0.917. The summed E-state index contributed by atoms with van der Waals surface area (Å²) in [5.41, 5.74) is 2.79. The minimum Gasteiger partial charge on any atom is -0.317 e. The van der Waals surface area contributed by atoms with E-state index < -0.39 is 0 Å². The molecule has 1 saturated heterocycles. The van der Waals surface area contributed by atoms with E-state index in [9.17, 15) is 0 Å². The zero-order chi connectivity index (χ0) is 13.1. The number of hydrogen-bond donors (Lipinski definition) is 1. The van der Waals surface area contributed by atoms with Gasteiger partial charge in [-0.3, -0.25) is 4.90 Å². The van der Waals surface area contributed by atoms with E-state index in [0.29, 0.717) is 6.04 Å². The molecule has 0 bridgehead atoms. The number of nitrogens with zero attached hydrogens (tertiary/aromatic N) is 1. The zero-order valence-electron chi connectivity index (χ0n) is 11.5. The number of aryl methyl sites for hydroxylation is 1. The maximum atomic E-state index is 3.58. The van der Waals surface area contributed by atoms with E-state index >= 15 is 0 Å². The van der Waals surface area contributed by atoms with Gasteiger partial charge in [-0.15, -0.1) is 0 Å². The van der Waals surface area contributed by atoms with Gasteiger partial charge in [0, 0.05) is 10.5 Å². The van der Waals surface area contributed by atoms with Gasteiger partial charge in [-0.1, -0.05) is 35.0 Å². The minimum atomic E-state index is 0.566. The highest BCUT2D eigenvalue weighted by Gasteiger charge is 2.32. The van der Waals surface area contributed by atoms with Crippen molar-refractivity contribution in [1.82, 2.24) is 10.2 Å². The molecule has 0 aliphatic carbocycles. The van der Waals surface area contributed by atoms with Crippen molar-refractivity contribution in [3.8, 4) is 0 Å². The third-order valence-electron chi connectivity index (χ3n) is 3.95.